The topological polar surface area (TPSA) is 103 Å². The predicted octanol–water partition coefficient (Wildman–Crippen LogP) is 2.76. The van der Waals surface area contributed by atoms with Gasteiger partial charge >= 0.3 is 0 Å². The standard InChI is InChI=1S/C20H26N2O7S/c1-7-22(30(6,24)25)16-12-19(29-5)18(28-4)11-14(16)20(23)21-15-10-13(26-2)8-9-17(15)27-3/h8-12H,7H2,1-6H3,(H,21,23). The number of nitrogens with one attached hydrogen (secondary N) is 1. The fourth-order valence-corrected chi connectivity index (χ4v) is 3.92. The third-order valence-electron chi connectivity index (χ3n) is 4.36. The molecular formula is C20H26N2O7S. The molecule has 1 N–H and O–H groups in total. The zero-order valence-electron chi connectivity index (χ0n) is 17.8. The highest BCUT2D eigenvalue weighted by Gasteiger charge is 2.25. The van der Waals surface area contributed by atoms with Gasteiger partial charge in [0, 0.05) is 18.7 Å². The first-order chi connectivity index (χ1) is 14.2. The van der Waals surface area contributed by atoms with E-state index in [9.17, 15) is 13.2 Å². The van der Waals surface area contributed by atoms with Crippen LogP contribution in [-0.2, 0) is 10.0 Å². The molecule has 0 atom stereocenters. The van der Waals surface area contributed by atoms with Crippen LogP contribution in [0.3, 0.4) is 0 Å². The molecule has 30 heavy (non-hydrogen) atoms. The van der Waals surface area contributed by atoms with Crippen LogP contribution in [-0.4, -0.2) is 55.6 Å². The first-order valence-electron chi connectivity index (χ1n) is 8.97. The van der Waals surface area contributed by atoms with E-state index in [4.69, 9.17) is 18.9 Å². The van der Waals surface area contributed by atoms with Gasteiger partial charge < -0.3 is 24.3 Å². The second-order valence-corrected chi connectivity index (χ2v) is 8.08. The van der Waals surface area contributed by atoms with Gasteiger partial charge in [0.05, 0.1) is 51.6 Å². The van der Waals surface area contributed by atoms with Crippen LogP contribution in [0.15, 0.2) is 30.3 Å². The molecule has 1 amide bonds. The lowest BCUT2D eigenvalue weighted by molar-refractivity contribution is 0.102. The fourth-order valence-electron chi connectivity index (χ4n) is 2.94. The minimum atomic E-state index is -3.65. The van der Waals surface area contributed by atoms with Crippen LogP contribution in [0.4, 0.5) is 11.4 Å². The lowest BCUT2D eigenvalue weighted by Crippen LogP contribution is -2.31. The number of carbonyl (C=O) groups is 1. The molecule has 0 saturated heterocycles. The normalized spacial score (nSPS) is 10.9. The van der Waals surface area contributed by atoms with Crippen molar-refractivity contribution in [1.82, 2.24) is 0 Å². The minimum absolute atomic E-state index is 0.0878. The fraction of sp³-hybridized carbons (Fsp3) is 0.350. The van der Waals surface area contributed by atoms with Crippen molar-refractivity contribution in [3.05, 3.63) is 35.9 Å². The molecule has 0 aliphatic rings. The van der Waals surface area contributed by atoms with E-state index in [0.717, 1.165) is 10.6 Å². The Balaban J connectivity index is 2.63. The first kappa shape index (κ1) is 23.1. The van der Waals surface area contributed by atoms with E-state index in [2.05, 4.69) is 5.32 Å². The molecule has 2 aromatic carbocycles. The summed E-state index contributed by atoms with van der Waals surface area (Å²) in [6, 6.07) is 7.84. The molecule has 164 valence electrons. The number of sulfonamides is 1. The number of hydrogen-bond donors (Lipinski definition) is 1. The van der Waals surface area contributed by atoms with Gasteiger partial charge in [0.15, 0.2) is 11.5 Å². The van der Waals surface area contributed by atoms with Gasteiger partial charge in [-0.3, -0.25) is 9.10 Å². The van der Waals surface area contributed by atoms with Crippen molar-refractivity contribution in [3.63, 3.8) is 0 Å². The molecule has 0 heterocycles. The van der Waals surface area contributed by atoms with E-state index in [1.807, 2.05) is 0 Å². The maximum atomic E-state index is 13.2. The largest absolute Gasteiger partial charge is 0.497 e. The van der Waals surface area contributed by atoms with Crippen molar-refractivity contribution >= 4 is 27.3 Å². The van der Waals surface area contributed by atoms with Crippen LogP contribution in [0.25, 0.3) is 0 Å². The quantitative estimate of drug-likeness (QED) is 0.642. The van der Waals surface area contributed by atoms with Gasteiger partial charge in [-0.1, -0.05) is 0 Å². The molecule has 9 nitrogen and oxygen atoms in total. The van der Waals surface area contributed by atoms with Gasteiger partial charge in [-0.25, -0.2) is 8.42 Å². The number of methoxy groups -OCH3 is 4. The van der Waals surface area contributed by atoms with E-state index in [-0.39, 0.29) is 23.5 Å². The van der Waals surface area contributed by atoms with Crippen molar-refractivity contribution in [2.45, 2.75) is 6.92 Å². The summed E-state index contributed by atoms with van der Waals surface area (Å²) in [7, 11) is 2.19. The SMILES string of the molecule is CCN(c1cc(OC)c(OC)cc1C(=O)Nc1cc(OC)ccc1OC)S(C)(=O)=O. The summed E-state index contributed by atoms with van der Waals surface area (Å²) in [5.41, 5.74) is 0.617. The highest BCUT2D eigenvalue weighted by Crippen LogP contribution is 2.37. The second-order valence-electron chi connectivity index (χ2n) is 6.17. The van der Waals surface area contributed by atoms with Gasteiger partial charge in [0.1, 0.15) is 11.5 Å². The molecule has 0 aliphatic carbocycles. The number of anilines is 2. The van der Waals surface area contributed by atoms with Crippen molar-refractivity contribution in [1.29, 1.82) is 0 Å². The zero-order valence-corrected chi connectivity index (χ0v) is 18.6. The Kier molecular flexibility index (Phi) is 7.38. The molecule has 0 unspecified atom stereocenters. The Labute approximate surface area is 176 Å². The van der Waals surface area contributed by atoms with Gasteiger partial charge in [-0.05, 0) is 25.1 Å². The first-order valence-corrected chi connectivity index (χ1v) is 10.8. The van der Waals surface area contributed by atoms with E-state index in [1.54, 1.807) is 25.1 Å². The lowest BCUT2D eigenvalue weighted by atomic mass is 10.1. The van der Waals surface area contributed by atoms with Crippen molar-refractivity contribution < 1.29 is 32.2 Å². The molecule has 0 aromatic heterocycles. The molecular weight excluding hydrogens is 412 g/mol. The number of carbonyl (C=O) groups excluding carboxylic acids is 1. The van der Waals surface area contributed by atoms with Crippen LogP contribution in [0.1, 0.15) is 17.3 Å². The minimum Gasteiger partial charge on any atom is -0.497 e. The third kappa shape index (κ3) is 4.88. The molecule has 0 radical (unpaired) electrons. The third-order valence-corrected chi connectivity index (χ3v) is 5.61. The molecule has 0 saturated carbocycles. The summed E-state index contributed by atoms with van der Waals surface area (Å²) in [6.07, 6.45) is 1.07. The molecule has 0 aliphatic heterocycles. The van der Waals surface area contributed by atoms with Gasteiger partial charge in [-0.2, -0.15) is 0 Å². The Morgan fingerprint density at radius 3 is 2.03 bits per heavy atom. The van der Waals surface area contributed by atoms with Crippen molar-refractivity contribution in [2.24, 2.45) is 0 Å². The molecule has 10 heteroatoms. The van der Waals surface area contributed by atoms with E-state index < -0.39 is 15.9 Å². The summed E-state index contributed by atoms with van der Waals surface area (Å²) in [5.74, 6) is 0.963. The zero-order chi connectivity index (χ0) is 22.5. The molecule has 2 rings (SSSR count). The average molecular weight is 439 g/mol. The average Bonchev–Trinajstić information content (AvgIpc) is 2.72. The van der Waals surface area contributed by atoms with Crippen LogP contribution < -0.4 is 28.6 Å². The maximum Gasteiger partial charge on any atom is 0.258 e. The van der Waals surface area contributed by atoms with Crippen LogP contribution in [0.2, 0.25) is 0 Å². The summed E-state index contributed by atoms with van der Waals surface area (Å²) < 4.78 is 46.8. The Morgan fingerprint density at radius 2 is 1.53 bits per heavy atom. The smallest absolute Gasteiger partial charge is 0.258 e. The van der Waals surface area contributed by atoms with Crippen molar-refractivity contribution in [3.8, 4) is 23.0 Å². The Morgan fingerprint density at radius 1 is 0.933 bits per heavy atom. The van der Waals surface area contributed by atoms with Crippen molar-refractivity contribution in [2.75, 3.05) is 50.9 Å². The number of hydrogen-bond acceptors (Lipinski definition) is 7. The molecule has 0 spiro atoms. The molecule has 0 bridgehead atoms. The molecule has 2 aromatic rings. The Hall–Kier alpha value is -3.14. The van der Waals surface area contributed by atoms with E-state index in [1.165, 1.54) is 40.6 Å². The number of nitrogens with zero attached hydrogens (tertiary/aromatic N) is 1. The van der Waals surface area contributed by atoms with Crippen LogP contribution in [0.5, 0.6) is 23.0 Å². The number of ether oxygens (including phenoxy) is 4. The highest BCUT2D eigenvalue weighted by molar-refractivity contribution is 7.92. The van der Waals surface area contributed by atoms with Crippen LogP contribution >= 0.6 is 0 Å². The van der Waals surface area contributed by atoms with Crippen LogP contribution in [0, 0.1) is 0 Å². The van der Waals surface area contributed by atoms with Gasteiger partial charge in [0.25, 0.3) is 5.91 Å². The molecule has 0 fully saturated rings. The van der Waals surface area contributed by atoms with Gasteiger partial charge in [0.2, 0.25) is 10.0 Å². The van der Waals surface area contributed by atoms with E-state index >= 15 is 0 Å². The van der Waals surface area contributed by atoms with E-state index in [0.29, 0.717) is 22.9 Å². The maximum absolute atomic E-state index is 13.2. The summed E-state index contributed by atoms with van der Waals surface area (Å²) in [4.78, 5) is 13.2. The Bertz CT molecular complexity index is 1020. The summed E-state index contributed by atoms with van der Waals surface area (Å²) in [5, 5.41) is 2.75. The number of amides is 1. The second kappa shape index (κ2) is 9.57. The summed E-state index contributed by atoms with van der Waals surface area (Å²) in [6.45, 7) is 1.79. The highest BCUT2D eigenvalue weighted by atomic mass is 32.2. The van der Waals surface area contributed by atoms with Gasteiger partial charge in [-0.15, -0.1) is 0 Å². The summed E-state index contributed by atoms with van der Waals surface area (Å²) >= 11 is 0. The lowest BCUT2D eigenvalue weighted by Gasteiger charge is -2.24. The number of benzene rings is 2. The predicted molar refractivity (Wildman–Crippen MR) is 115 cm³/mol. The number of rotatable bonds is 9. The monoisotopic (exact) mass is 438 g/mol.